The number of hydrogen-bond donors (Lipinski definition) is 1. The maximum atomic E-state index is 12.7. The molecule has 2 aromatic carbocycles. The van der Waals surface area contributed by atoms with E-state index in [4.69, 9.17) is 28.9 Å². The van der Waals surface area contributed by atoms with Crippen LogP contribution in [0.2, 0.25) is 10.0 Å². The van der Waals surface area contributed by atoms with Crippen molar-refractivity contribution in [2.45, 2.75) is 6.54 Å². The van der Waals surface area contributed by atoms with Crippen molar-refractivity contribution in [3.63, 3.8) is 0 Å². The highest BCUT2D eigenvalue weighted by atomic mass is 35.5. The number of nitrogens with zero attached hydrogens (tertiary/aromatic N) is 2. The molecular weight excluding hydrogens is 361 g/mol. The van der Waals surface area contributed by atoms with Crippen LogP contribution in [0.25, 0.3) is 0 Å². The number of carbonyl (C=O) groups is 1. The summed E-state index contributed by atoms with van der Waals surface area (Å²) in [5.41, 5.74) is 6.70. The van der Waals surface area contributed by atoms with Gasteiger partial charge >= 0.3 is 5.69 Å². The van der Waals surface area contributed by atoms with Crippen LogP contribution in [0.4, 0.5) is 5.82 Å². The van der Waals surface area contributed by atoms with Gasteiger partial charge < -0.3 is 5.73 Å². The van der Waals surface area contributed by atoms with Crippen molar-refractivity contribution < 1.29 is 4.79 Å². The van der Waals surface area contributed by atoms with Gasteiger partial charge in [0.1, 0.15) is 5.82 Å². The fourth-order valence-corrected chi connectivity index (χ4v) is 2.95. The summed E-state index contributed by atoms with van der Waals surface area (Å²) in [5, 5.41) is 0.790. The van der Waals surface area contributed by atoms with E-state index in [-0.39, 0.29) is 18.1 Å². The maximum Gasteiger partial charge on any atom is 0.349 e. The molecule has 3 aromatic rings. The molecule has 3 rings (SSSR count). The van der Waals surface area contributed by atoms with Crippen molar-refractivity contribution in [2.24, 2.45) is 0 Å². The van der Waals surface area contributed by atoms with Gasteiger partial charge in [0, 0.05) is 27.4 Å². The Hall–Kier alpha value is -2.63. The normalized spacial score (nSPS) is 10.6. The lowest BCUT2D eigenvalue weighted by atomic mass is 10.0. The average Bonchev–Trinajstić information content (AvgIpc) is 2.56. The quantitative estimate of drug-likeness (QED) is 0.710. The molecule has 5 nitrogen and oxygen atoms in total. The van der Waals surface area contributed by atoms with Gasteiger partial charge in [0.25, 0.3) is 0 Å². The third-order valence-corrected chi connectivity index (χ3v) is 4.00. The Morgan fingerprint density at radius 3 is 2.44 bits per heavy atom. The van der Waals surface area contributed by atoms with E-state index in [0.29, 0.717) is 21.2 Å². The number of nitrogen functional groups attached to an aromatic ring is 1. The van der Waals surface area contributed by atoms with Crippen LogP contribution in [0.5, 0.6) is 0 Å². The molecule has 0 fully saturated rings. The number of halogens is 2. The fraction of sp³-hybridized carbons (Fsp3) is 0.0556. The predicted octanol–water partition coefficient (Wildman–Crippen LogP) is 3.41. The number of carbonyl (C=O) groups excluding carboxylic acids is 1. The molecule has 1 aromatic heterocycles. The summed E-state index contributed by atoms with van der Waals surface area (Å²) in [6.07, 6.45) is 1.57. The number of nitrogens with two attached hydrogens (primary N) is 1. The Morgan fingerprint density at radius 2 is 1.76 bits per heavy atom. The van der Waals surface area contributed by atoms with Gasteiger partial charge in [0.05, 0.1) is 6.54 Å². The summed E-state index contributed by atoms with van der Waals surface area (Å²) in [7, 11) is 0. The van der Waals surface area contributed by atoms with Gasteiger partial charge in [-0.15, -0.1) is 0 Å². The zero-order chi connectivity index (χ0) is 18.0. The highest BCUT2D eigenvalue weighted by molar-refractivity contribution is 6.35. The molecule has 0 radical (unpaired) electrons. The van der Waals surface area contributed by atoms with E-state index >= 15 is 0 Å². The molecule has 0 aliphatic heterocycles. The summed E-state index contributed by atoms with van der Waals surface area (Å²) >= 11 is 11.9. The maximum absolute atomic E-state index is 12.7. The summed E-state index contributed by atoms with van der Waals surface area (Å²) in [6.45, 7) is 0.281. The van der Waals surface area contributed by atoms with E-state index in [1.165, 1.54) is 4.57 Å². The molecule has 0 aliphatic rings. The van der Waals surface area contributed by atoms with Crippen molar-refractivity contribution in [1.29, 1.82) is 0 Å². The molecule has 0 unspecified atom stereocenters. The lowest BCUT2D eigenvalue weighted by molar-refractivity contribution is 0.103. The predicted molar refractivity (Wildman–Crippen MR) is 98.3 cm³/mol. The molecule has 0 saturated carbocycles. The Labute approximate surface area is 153 Å². The van der Waals surface area contributed by atoms with E-state index < -0.39 is 5.69 Å². The third-order valence-electron chi connectivity index (χ3n) is 3.56. The SMILES string of the molecule is Nc1ccn(Cc2cccc(C(=O)c3cc(Cl)cc(Cl)c3)c2)c(=O)n1. The van der Waals surface area contributed by atoms with Crippen LogP contribution in [0, 0.1) is 0 Å². The minimum atomic E-state index is -0.446. The fourth-order valence-electron chi connectivity index (χ4n) is 2.42. The molecule has 2 N–H and O–H groups in total. The third kappa shape index (κ3) is 4.07. The molecule has 0 spiro atoms. The van der Waals surface area contributed by atoms with Crippen LogP contribution in [0.1, 0.15) is 21.5 Å². The topological polar surface area (TPSA) is 78.0 Å². The van der Waals surface area contributed by atoms with Crippen LogP contribution in [-0.2, 0) is 6.54 Å². The van der Waals surface area contributed by atoms with Crippen LogP contribution in [0.3, 0.4) is 0 Å². The molecule has 7 heteroatoms. The van der Waals surface area contributed by atoms with Gasteiger partial charge in [-0.2, -0.15) is 4.98 Å². The van der Waals surface area contributed by atoms with Gasteiger partial charge in [0.2, 0.25) is 0 Å². The van der Waals surface area contributed by atoms with E-state index in [9.17, 15) is 9.59 Å². The molecule has 0 aliphatic carbocycles. The van der Waals surface area contributed by atoms with Gasteiger partial charge in [-0.05, 0) is 35.9 Å². The number of benzene rings is 2. The van der Waals surface area contributed by atoms with Gasteiger partial charge in [-0.1, -0.05) is 41.4 Å². The summed E-state index contributed by atoms with van der Waals surface area (Å²) in [6, 6.07) is 13.2. The smallest absolute Gasteiger partial charge is 0.349 e. The van der Waals surface area contributed by atoms with E-state index in [1.54, 1.807) is 48.7 Å². The molecule has 126 valence electrons. The lowest BCUT2D eigenvalue weighted by Gasteiger charge is -2.08. The van der Waals surface area contributed by atoms with Crippen LogP contribution in [0.15, 0.2) is 59.5 Å². The zero-order valence-electron chi connectivity index (χ0n) is 12.9. The second kappa shape index (κ2) is 7.09. The van der Waals surface area contributed by atoms with Crippen molar-refractivity contribution in [1.82, 2.24) is 9.55 Å². The first-order chi connectivity index (χ1) is 11.9. The van der Waals surface area contributed by atoms with Crippen molar-refractivity contribution in [3.8, 4) is 0 Å². The molecule has 0 bridgehead atoms. The minimum Gasteiger partial charge on any atom is -0.383 e. The Morgan fingerprint density at radius 1 is 1.04 bits per heavy atom. The Balaban J connectivity index is 1.90. The molecule has 0 amide bonds. The van der Waals surface area contributed by atoms with Crippen molar-refractivity contribution in [3.05, 3.63) is 91.9 Å². The zero-order valence-corrected chi connectivity index (χ0v) is 14.5. The lowest BCUT2D eigenvalue weighted by Crippen LogP contribution is -2.23. The van der Waals surface area contributed by atoms with Crippen LogP contribution in [-0.4, -0.2) is 15.3 Å². The molecule has 0 saturated heterocycles. The van der Waals surface area contributed by atoms with E-state index in [1.807, 2.05) is 6.07 Å². The number of aromatic nitrogens is 2. The summed E-state index contributed by atoms with van der Waals surface area (Å²) in [4.78, 5) is 28.2. The van der Waals surface area contributed by atoms with Crippen LogP contribution < -0.4 is 11.4 Å². The van der Waals surface area contributed by atoms with Gasteiger partial charge in [-0.25, -0.2) is 4.79 Å². The summed E-state index contributed by atoms with van der Waals surface area (Å²) < 4.78 is 1.41. The first-order valence-electron chi connectivity index (χ1n) is 7.35. The molecule has 25 heavy (non-hydrogen) atoms. The standard InChI is InChI=1S/C18H13Cl2N3O2/c19-14-7-13(8-15(20)9-14)17(24)12-3-1-2-11(6-12)10-23-5-4-16(21)22-18(23)25/h1-9H,10H2,(H2,21,22,25). The number of hydrogen-bond acceptors (Lipinski definition) is 4. The highest BCUT2D eigenvalue weighted by Gasteiger charge is 2.12. The first-order valence-corrected chi connectivity index (χ1v) is 8.11. The second-order valence-corrected chi connectivity index (χ2v) is 6.32. The Kier molecular flexibility index (Phi) is 4.88. The number of ketones is 1. The van der Waals surface area contributed by atoms with Crippen molar-refractivity contribution >= 4 is 34.8 Å². The second-order valence-electron chi connectivity index (χ2n) is 5.45. The van der Waals surface area contributed by atoms with E-state index in [0.717, 1.165) is 5.56 Å². The monoisotopic (exact) mass is 373 g/mol. The first kappa shape index (κ1) is 17.2. The summed E-state index contributed by atoms with van der Waals surface area (Å²) in [5.74, 6) is -0.0305. The minimum absolute atomic E-state index is 0.169. The van der Waals surface area contributed by atoms with E-state index in [2.05, 4.69) is 4.98 Å². The molecule has 0 atom stereocenters. The number of anilines is 1. The molecular formula is C18H13Cl2N3O2. The van der Waals surface area contributed by atoms with Crippen LogP contribution >= 0.6 is 23.2 Å². The van der Waals surface area contributed by atoms with Crippen molar-refractivity contribution in [2.75, 3.05) is 5.73 Å². The molecule has 1 heterocycles. The number of rotatable bonds is 4. The van der Waals surface area contributed by atoms with Gasteiger partial charge in [-0.3, -0.25) is 9.36 Å². The largest absolute Gasteiger partial charge is 0.383 e. The van der Waals surface area contributed by atoms with Gasteiger partial charge in [0.15, 0.2) is 5.78 Å². The highest BCUT2D eigenvalue weighted by Crippen LogP contribution is 2.21. The Bertz CT molecular complexity index is 995. The average molecular weight is 374 g/mol.